The molecule has 0 aliphatic carbocycles. The summed E-state index contributed by atoms with van der Waals surface area (Å²) in [4.78, 5) is 25.5. The Bertz CT molecular complexity index is 465. The fraction of sp³-hybridized carbons (Fsp3) is 0.467. The highest BCUT2D eigenvalue weighted by molar-refractivity contribution is 5.96. The van der Waals surface area contributed by atoms with Crippen LogP contribution in [0.1, 0.15) is 29.6 Å². The molecule has 0 spiro atoms. The van der Waals surface area contributed by atoms with Crippen molar-refractivity contribution in [1.29, 1.82) is 0 Å². The number of anilines is 1. The molecule has 1 aromatic rings. The molecular weight excluding hydrogens is 254 g/mol. The standard InChI is InChI=1S/C15H21N3O2/c1-16-15(20)12-5-7-13(8-6-12)17-14(19)11-18-9-3-2-4-10-18/h5-8H,2-4,9-11H2,1H3,(H,16,20)(H,17,19). The summed E-state index contributed by atoms with van der Waals surface area (Å²) in [6.45, 7) is 2.45. The Morgan fingerprint density at radius 2 is 1.75 bits per heavy atom. The zero-order valence-corrected chi connectivity index (χ0v) is 11.8. The first-order valence-electron chi connectivity index (χ1n) is 7.03. The maximum Gasteiger partial charge on any atom is 0.251 e. The van der Waals surface area contributed by atoms with Crippen molar-refractivity contribution in [3.05, 3.63) is 29.8 Å². The van der Waals surface area contributed by atoms with Crippen LogP contribution in [-0.2, 0) is 4.79 Å². The van der Waals surface area contributed by atoms with Gasteiger partial charge in [0.15, 0.2) is 0 Å². The van der Waals surface area contributed by atoms with Gasteiger partial charge in [-0.3, -0.25) is 14.5 Å². The molecule has 2 amide bonds. The van der Waals surface area contributed by atoms with Crippen molar-refractivity contribution in [2.24, 2.45) is 0 Å². The predicted molar refractivity (Wildman–Crippen MR) is 78.8 cm³/mol. The molecule has 20 heavy (non-hydrogen) atoms. The Labute approximate surface area is 119 Å². The molecule has 0 unspecified atom stereocenters. The van der Waals surface area contributed by atoms with E-state index in [1.54, 1.807) is 31.3 Å². The van der Waals surface area contributed by atoms with E-state index in [4.69, 9.17) is 0 Å². The first-order valence-corrected chi connectivity index (χ1v) is 7.03. The van der Waals surface area contributed by atoms with E-state index in [9.17, 15) is 9.59 Å². The van der Waals surface area contributed by atoms with Crippen molar-refractivity contribution < 1.29 is 9.59 Å². The molecule has 2 rings (SSSR count). The smallest absolute Gasteiger partial charge is 0.251 e. The number of rotatable bonds is 4. The van der Waals surface area contributed by atoms with Crippen molar-refractivity contribution in [3.8, 4) is 0 Å². The highest BCUT2D eigenvalue weighted by atomic mass is 16.2. The average molecular weight is 275 g/mol. The van der Waals surface area contributed by atoms with Gasteiger partial charge in [-0.2, -0.15) is 0 Å². The Kier molecular flexibility index (Phi) is 5.12. The average Bonchev–Trinajstić information content (AvgIpc) is 2.48. The van der Waals surface area contributed by atoms with Crippen LogP contribution in [0, 0.1) is 0 Å². The van der Waals surface area contributed by atoms with Crippen molar-refractivity contribution in [3.63, 3.8) is 0 Å². The Hall–Kier alpha value is -1.88. The second-order valence-electron chi connectivity index (χ2n) is 5.04. The molecule has 5 nitrogen and oxygen atoms in total. The largest absolute Gasteiger partial charge is 0.355 e. The van der Waals surface area contributed by atoms with Gasteiger partial charge in [0.05, 0.1) is 6.54 Å². The van der Waals surface area contributed by atoms with E-state index in [0.29, 0.717) is 12.1 Å². The second-order valence-corrected chi connectivity index (χ2v) is 5.04. The van der Waals surface area contributed by atoms with Crippen LogP contribution in [0.5, 0.6) is 0 Å². The number of hydrogen-bond donors (Lipinski definition) is 2. The maximum atomic E-state index is 11.9. The molecule has 1 aromatic carbocycles. The molecule has 1 aliphatic rings. The van der Waals surface area contributed by atoms with Crippen LogP contribution in [0.4, 0.5) is 5.69 Å². The van der Waals surface area contributed by atoms with Crippen molar-refractivity contribution in [2.45, 2.75) is 19.3 Å². The number of nitrogens with zero attached hydrogens (tertiary/aromatic N) is 1. The summed E-state index contributed by atoms with van der Waals surface area (Å²) in [5.41, 5.74) is 1.31. The van der Waals surface area contributed by atoms with E-state index in [1.165, 1.54) is 19.3 Å². The van der Waals surface area contributed by atoms with Crippen LogP contribution in [0.15, 0.2) is 24.3 Å². The van der Waals surface area contributed by atoms with Gasteiger partial charge in [-0.25, -0.2) is 0 Å². The van der Waals surface area contributed by atoms with Crippen LogP contribution in [0.25, 0.3) is 0 Å². The molecule has 108 valence electrons. The first-order chi connectivity index (χ1) is 9.69. The van der Waals surface area contributed by atoms with Gasteiger partial charge in [0.25, 0.3) is 5.91 Å². The summed E-state index contributed by atoms with van der Waals surface area (Å²) < 4.78 is 0. The quantitative estimate of drug-likeness (QED) is 0.874. The molecule has 1 saturated heterocycles. The second kappa shape index (κ2) is 7.05. The van der Waals surface area contributed by atoms with E-state index >= 15 is 0 Å². The Morgan fingerprint density at radius 3 is 2.35 bits per heavy atom. The van der Waals surface area contributed by atoms with Crippen LogP contribution < -0.4 is 10.6 Å². The summed E-state index contributed by atoms with van der Waals surface area (Å²) in [6, 6.07) is 6.90. The summed E-state index contributed by atoms with van der Waals surface area (Å²) in [6.07, 6.45) is 3.61. The Morgan fingerprint density at radius 1 is 1.10 bits per heavy atom. The number of piperidine rings is 1. The molecule has 0 saturated carbocycles. The van der Waals surface area contributed by atoms with Crippen LogP contribution in [0.3, 0.4) is 0 Å². The van der Waals surface area contributed by atoms with Gasteiger partial charge in [0.2, 0.25) is 5.91 Å². The van der Waals surface area contributed by atoms with E-state index in [2.05, 4.69) is 15.5 Å². The van der Waals surface area contributed by atoms with E-state index in [-0.39, 0.29) is 11.8 Å². The fourth-order valence-electron chi connectivity index (χ4n) is 2.37. The Balaban J connectivity index is 1.85. The third-order valence-corrected chi connectivity index (χ3v) is 3.47. The van der Waals surface area contributed by atoms with Gasteiger partial charge >= 0.3 is 0 Å². The number of carbonyl (C=O) groups is 2. The number of hydrogen-bond acceptors (Lipinski definition) is 3. The molecule has 0 radical (unpaired) electrons. The molecular formula is C15H21N3O2. The number of nitrogens with one attached hydrogen (secondary N) is 2. The summed E-state index contributed by atoms with van der Waals surface area (Å²) >= 11 is 0. The van der Waals surface area contributed by atoms with Crippen LogP contribution in [-0.4, -0.2) is 43.4 Å². The fourth-order valence-corrected chi connectivity index (χ4v) is 2.37. The third-order valence-electron chi connectivity index (χ3n) is 3.47. The molecule has 0 aromatic heterocycles. The van der Waals surface area contributed by atoms with Gasteiger partial charge < -0.3 is 10.6 Å². The van der Waals surface area contributed by atoms with Crippen LogP contribution in [0.2, 0.25) is 0 Å². The normalized spacial score (nSPS) is 15.7. The highest BCUT2D eigenvalue weighted by Crippen LogP contribution is 2.11. The molecule has 0 bridgehead atoms. The van der Waals surface area contributed by atoms with Gasteiger partial charge in [0.1, 0.15) is 0 Å². The monoisotopic (exact) mass is 275 g/mol. The van der Waals surface area contributed by atoms with Crippen molar-refractivity contribution >= 4 is 17.5 Å². The molecule has 1 aliphatic heterocycles. The van der Waals surface area contributed by atoms with E-state index in [1.807, 2.05) is 0 Å². The molecule has 1 heterocycles. The minimum Gasteiger partial charge on any atom is -0.355 e. The summed E-state index contributed by atoms with van der Waals surface area (Å²) in [5, 5.41) is 5.42. The lowest BCUT2D eigenvalue weighted by atomic mass is 10.1. The van der Waals surface area contributed by atoms with E-state index < -0.39 is 0 Å². The number of carbonyl (C=O) groups excluding carboxylic acids is 2. The number of benzene rings is 1. The number of likely N-dealkylation sites (tertiary alicyclic amines) is 1. The van der Waals surface area contributed by atoms with Crippen molar-refractivity contribution in [2.75, 3.05) is 32.0 Å². The lowest BCUT2D eigenvalue weighted by Gasteiger charge is -2.25. The maximum absolute atomic E-state index is 11.9. The lowest BCUT2D eigenvalue weighted by Crippen LogP contribution is -2.36. The van der Waals surface area contributed by atoms with Gasteiger partial charge in [-0.1, -0.05) is 6.42 Å². The lowest BCUT2D eigenvalue weighted by molar-refractivity contribution is -0.117. The molecule has 0 atom stereocenters. The predicted octanol–water partition coefficient (Wildman–Crippen LogP) is 1.47. The summed E-state index contributed by atoms with van der Waals surface area (Å²) in [5.74, 6) is -0.129. The first kappa shape index (κ1) is 14.5. The van der Waals surface area contributed by atoms with Gasteiger partial charge in [-0.05, 0) is 50.2 Å². The van der Waals surface area contributed by atoms with E-state index in [0.717, 1.165) is 18.8 Å². The zero-order valence-electron chi connectivity index (χ0n) is 11.8. The third kappa shape index (κ3) is 4.06. The summed E-state index contributed by atoms with van der Waals surface area (Å²) in [7, 11) is 1.59. The van der Waals surface area contributed by atoms with Gasteiger partial charge in [-0.15, -0.1) is 0 Å². The highest BCUT2D eigenvalue weighted by Gasteiger charge is 2.13. The van der Waals surface area contributed by atoms with Crippen LogP contribution >= 0.6 is 0 Å². The topological polar surface area (TPSA) is 61.4 Å². The molecule has 5 heteroatoms. The minimum atomic E-state index is -0.129. The van der Waals surface area contributed by atoms with Crippen molar-refractivity contribution in [1.82, 2.24) is 10.2 Å². The zero-order chi connectivity index (χ0) is 14.4. The molecule has 1 fully saturated rings. The number of amides is 2. The minimum absolute atomic E-state index is 0.000377. The molecule has 2 N–H and O–H groups in total. The SMILES string of the molecule is CNC(=O)c1ccc(NC(=O)CN2CCCCC2)cc1. The van der Waals surface area contributed by atoms with Gasteiger partial charge in [0, 0.05) is 18.3 Å².